The maximum Gasteiger partial charge on any atom is 0.331 e. The third kappa shape index (κ3) is 8.09. The van der Waals surface area contributed by atoms with Gasteiger partial charge in [-0.3, -0.25) is 19.9 Å². The number of hydrazine groups is 1. The Morgan fingerprint density at radius 1 is 1.15 bits per heavy atom. The first kappa shape index (κ1) is 27.8. The molecule has 8 heteroatoms. The summed E-state index contributed by atoms with van der Waals surface area (Å²) in [6.07, 6.45) is 2.50. The number of nitrogens with zero attached hydrogens (tertiary/aromatic N) is 2. The van der Waals surface area contributed by atoms with Gasteiger partial charge in [0.15, 0.2) is 0 Å². The minimum Gasteiger partial charge on any atom is -0.465 e. The van der Waals surface area contributed by atoms with Gasteiger partial charge in [0.25, 0.3) is 5.91 Å². The summed E-state index contributed by atoms with van der Waals surface area (Å²) in [6, 6.07) is 7.87. The van der Waals surface area contributed by atoms with Gasteiger partial charge < -0.3 is 9.47 Å². The molecule has 1 heterocycles. The van der Waals surface area contributed by atoms with Crippen molar-refractivity contribution in [3.05, 3.63) is 35.9 Å². The van der Waals surface area contributed by atoms with Gasteiger partial charge in [0, 0.05) is 13.1 Å². The lowest BCUT2D eigenvalue weighted by Crippen LogP contribution is -2.63. The largest absolute Gasteiger partial charge is 0.465 e. The highest BCUT2D eigenvalue weighted by Crippen LogP contribution is 2.23. The smallest absolute Gasteiger partial charge is 0.331 e. The quantitative estimate of drug-likeness (QED) is 0.520. The van der Waals surface area contributed by atoms with E-state index in [2.05, 4.69) is 5.32 Å². The summed E-state index contributed by atoms with van der Waals surface area (Å²) in [5.74, 6) is -1.04. The van der Waals surface area contributed by atoms with Crippen LogP contribution >= 0.6 is 0 Å². The molecule has 1 saturated heterocycles. The number of amides is 1. The van der Waals surface area contributed by atoms with Crippen molar-refractivity contribution in [3.63, 3.8) is 0 Å². The van der Waals surface area contributed by atoms with Crippen molar-refractivity contribution in [3.8, 4) is 0 Å². The van der Waals surface area contributed by atoms with Gasteiger partial charge in [0.1, 0.15) is 17.7 Å². The number of aryl methyl sites for hydroxylation is 1. The molecule has 1 aliphatic heterocycles. The molecule has 1 aliphatic rings. The second-order valence-corrected chi connectivity index (χ2v) is 9.64. The summed E-state index contributed by atoms with van der Waals surface area (Å²) in [7, 11) is 0. The number of ether oxygens (including phenoxy) is 2. The average Bonchev–Trinajstić information content (AvgIpc) is 2.80. The number of hydrogen-bond donors (Lipinski definition) is 1. The van der Waals surface area contributed by atoms with E-state index in [9.17, 15) is 14.4 Å². The van der Waals surface area contributed by atoms with Crippen LogP contribution in [0.25, 0.3) is 0 Å². The van der Waals surface area contributed by atoms with E-state index in [0.717, 1.165) is 12.0 Å². The van der Waals surface area contributed by atoms with Crippen LogP contribution in [0.2, 0.25) is 0 Å². The van der Waals surface area contributed by atoms with Gasteiger partial charge in [-0.15, -0.1) is 0 Å². The Hall–Kier alpha value is -2.45. The van der Waals surface area contributed by atoms with E-state index in [1.807, 2.05) is 63.0 Å². The molecule has 0 saturated carbocycles. The summed E-state index contributed by atoms with van der Waals surface area (Å²) >= 11 is 0. The van der Waals surface area contributed by atoms with Crippen molar-refractivity contribution >= 4 is 17.8 Å². The van der Waals surface area contributed by atoms with E-state index in [1.165, 1.54) is 5.01 Å². The molecule has 0 spiro atoms. The zero-order valence-corrected chi connectivity index (χ0v) is 21.5. The molecule has 3 atom stereocenters. The number of carbonyl (C=O) groups excluding carboxylic acids is 3. The van der Waals surface area contributed by atoms with Gasteiger partial charge in [-0.1, -0.05) is 37.3 Å². The molecule has 2 rings (SSSR count). The van der Waals surface area contributed by atoms with Crippen LogP contribution in [0, 0.1) is 0 Å². The predicted molar refractivity (Wildman–Crippen MR) is 131 cm³/mol. The van der Waals surface area contributed by atoms with E-state index >= 15 is 0 Å². The zero-order valence-electron chi connectivity index (χ0n) is 21.5. The molecule has 0 aliphatic carbocycles. The summed E-state index contributed by atoms with van der Waals surface area (Å²) in [6.45, 7) is 12.4. The van der Waals surface area contributed by atoms with E-state index in [4.69, 9.17) is 9.47 Å². The van der Waals surface area contributed by atoms with E-state index in [1.54, 1.807) is 13.8 Å². The number of esters is 2. The Kier molecular flexibility index (Phi) is 10.5. The maximum atomic E-state index is 13.6. The van der Waals surface area contributed by atoms with E-state index in [0.29, 0.717) is 32.4 Å². The van der Waals surface area contributed by atoms with Crippen LogP contribution in [0.4, 0.5) is 0 Å². The van der Waals surface area contributed by atoms with Gasteiger partial charge in [-0.25, -0.2) is 9.80 Å². The Bertz CT molecular complexity index is 808. The molecule has 0 radical (unpaired) electrons. The molecule has 0 bridgehead atoms. The third-order valence-corrected chi connectivity index (χ3v) is 5.72. The molecule has 1 N–H and O–H groups in total. The second-order valence-electron chi connectivity index (χ2n) is 9.64. The van der Waals surface area contributed by atoms with Crippen molar-refractivity contribution < 1.29 is 23.9 Å². The van der Waals surface area contributed by atoms with Crippen LogP contribution in [-0.2, 0) is 30.3 Å². The fourth-order valence-electron chi connectivity index (χ4n) is 4.12. The average molecular weight is 476 g/mol. The fourth-order valence-corrected chi connectivity index (χ4v) is 4.12. The molecule has 190 valence electrons. The van der Waals surface area contributed by atoms with Gasteiger partial charge >= 0.3 is 11.9 Å². The summed E-state index contributed by atoms with van der Waals surface area (Å²) in [4.78, 5) is 39.2. The minimum atomic E-state index is -0.692. The zero-order chi connectivity index (χ0) is 25.3. The molecule has 34 heavy (non-hydrogen) atoms. The SMILES string of the molecule is CCOC(=O)[C@H](CCc1ccccc1)N[C@@H](C)C(=O)N1C(C(=O)OC(C)(C)C)CCCN1CC. The Labute approximate surface area is 203 Å². The number of hydrogen-bond acceptors (Lipinski definition) is 7. The highest BCUT2D eigenvalue weighted by Gasteiger charge is 2.41. The lowest BCUT2D eigenvalue weighted by Gasteiger charge is -2.44. The van der Waals surface area contributed by atoms with Crippen molar-refractivity contribution in [2.24, 2.45) is 0 Å². The van der Waals surface area contributed by atoms with Gasteiger partial charge in [-0.05, 0) is 65.9 Å². The summed E-state index contributed by atoms with van der Waals surface area (Å²) in [5.41, 5.74) is 0.465. The number of benzene rings is 1. The normalized spacial score (nSPS) is 18.8. The Balaban J connectivity index is 2.17. The molecule has 1 unspecified atom stereocenters. The molecule has 0 aromatic heterocycles. The van der Waals surface area contributed by atoms with Crippen LogP contribution < -0.4 is 5.32 Å². The van der Waals surface area contributed by atoms with Crippen LogP contribution in [-0.4, -0.2) is 71.3 Å². The monoisotopic (exact) mass is 475 g/mol. The molecule has 1 aromatic carbocycles. The topological polar surface area (TPSA) is 88.2 Å². The first-order chi connectivity index (χ1) is 16.1. The number of nitrogens with one attached hydrogen (secondary N) is 1. The van der Waals surface area contributed by atoms with Crippen LogP contribution in [0.1, 0.15) is 66.4 Å². The number of rotatable bonds is 10. The molecule has 8 nitrogen and oxygen atoms in total. The van der Waals surface area contributed by atoms with Crippen LogP contribution in [0.3, 0.4) is 0 Å². The second kappa shape index (κ2) is 12.9. The van der Waals surface area contributed by atoms with Crippen molar-refractivity contribution in [2.45, 2.75) is 91.0 Å². The van der Waals surface area contributed by atoms with Gasteiger partial charge in [-0.2, -0.15) is 0 Å². The lowest BCUT2D eigenvalue weighted by atomic mass is 10.0. The molecule has 1 amide bonds. The van der Waals surface area contributed by atoms with Crippen molar-refractivity contribution in [1.29, 1.82) is 0 Å². The van der Waals surface area contributed by atoms with Crippen molar-refractivity contribution in [2.75, 3.05) is 19.7 Å². The third-order valence-electron chi connectivity index (χ3n) is 5.72. The fraction of sp³-hybridized carbons (Fsp3) is 0.654. The maximum absolute atomic E-state index is 13.6. The van der Waals surface area contributed by atoms with Gasteiger partial charge in [0.2, 0.25) is 0 Å². The van der Waals surface area contributed by atoms with E-state index in [-0.39, 0.29) is 18.5 Å². The lowest BCUT2D eigenvalue weighted by molar-refractivity contribution is -0.185. The first-order valence-electron chi connectivity index (χ1n) is 12.3. The first-order valence-corrected chi connectivity index (χ1v) is 12.3. The molecule has 1 fully saturated rings. The standard InChI is InChI=1S/C26H41N3O5/c1-7-28-18-12-15-22(25(32)34-26(4,5)6)29(28)23(30)19(3)27-21(24(31)33-8-2)17-16-20-13-10-9-11-14-20/h9-11,13-14,19,21-22,27H,7-8,12,15-18H2,1-6H3/t19-,21-,22?/m0/s1. The Morgan fingerprint density at radius 3 is 2.41 bits per heavy atom. The molecular weight excluding hydrogens is 434 g/mol. The predicted octanol–water partition coefficient (Wildman–Crippen LogP) is 3.10. The summed E-state index contributed by atoms with van der Waals surface area (Å²) < 4.78 is 10.9. The van der Waals surface area contributed by atoms with Crippen LogP contribution in [0.15, 0.2) is 30.3 Å². The van der Waals surface area contributed by atoms with E-state index < -0.39 is 29.7 Å². The van der Waals surface area contributed by atoms with Crippen molar-refractivity contribution in [1.82, 2.24) is 15.3 Å². The molecule has 1 aromatic rings. The summed E-state index contributed by atoms with van der Waals surface area (Å²) in [5, 5.41) is 6.60. The molecular formula is C26H41N3O5. The highest BCUT2D eigenvalue weighted by molar-refractivity contribution is 5.88. The van der Waals surface area contributed by atoms with Crippen LogP contribution in [0.5, 0.6) is 0 Å². The minimum absolute atomic E-state index is 0.258. The van der Waals surface area contributed by atoms with Gasteiger partial charge in [0.05, 0.1) is 12.6 Å². The Morgan fingerprint density at radius 2 is 1.82 bits per heavy atom. The number of carbonyl (C=O) groups is 3. The highest BCUT2D eigenvalue weighted by atomic mass is 16.6.